The predicted octanol–water partition coefficient (Wildman–Crippen LogP) is 2.58. The molecule has 0 radical (unpaired) electrons. The smallest absolute Gasteiger partial charge is 0.408 e. The molecule has 2 aliphatic heterocycles. The Hall–Kier alpha value is -2.58. The van der Waals surface area contributed by atoms with E-state index in [9.17, 15) is 14.4 Å². The van der Waals surface area contributed by atoms with E-state index in [1.54, 1.807) is 31.9 Å². The summed E-state index contributed by atoms with van der Waals surface area (Å²) in [5.74, 6) is 0.764. The second kappa shape index (κ2) is 8.75. The lowest BCUT2D eigenvalue weighted by Gasteiger charge is -2.42. The number of carbonyl (C=O) groups is 3. The van der Waals surface area contributed by atoms with Crippen LogP contribution >= 0.6 is 0 Å². The van der Waals surface area contributed by atoms with E-state index in [-0.39, 0.29) is 17.9 Å². The summed E-state index contributed by atoms with van der Waals surface area (Å²) in [6.07, 6.45) is 2.49. The minimum absolute atomic E-state index is 0.0146. The number of carbonyl (C=O) groups excluding carboxylic acids is 3. The van der Waals surface area contributed by atoms with E-state index in [4.69, 9.17) is 4.74 Å². The molecule has 0 aliphatic carbocycles. The summed E-state index contributed by atoms with van der Waals surface area (Å²) in [7, 11) is 0. The maximum absolute atomic E-state index is 13.3. The van der Waals surface area contributed by atoms with Crippen LogP contribution in [0, 0.1) is 12.3 Å². The fourth-order valence-corrected chi connectivity index (χ4v) is 4.38. The summed E-state index contributed by atoms with van der Waals surface area (Å²) >= 11 is 0. The van der Waals surface area contributed by atoms with Crippen molar-refractivity contribution in [2.45, 2.75) is 85.5 Å². The molecule has 1 atom stereocenters. The normalized spacial score (nSPS) is 18.9. The third kappa shape index (κ3) is 5.24. The first-order valence-corrected chi connectivity index (χ1v) is 11.4. The molecule has 1 saturated heterocycles. The molecule has 1 N–H and O–H groups in total. The van der Waals surface area contributed by atoms with Gasteiger partial charge in [0.1, 0.15) is 23.2 Å². The maximum Gasteiger partial charge on any atom is 0.408 e. The van der Waals surface area contributed by atoms with E-state index < -0.39 is 23.2 Å². The molecule has 3 rings (SSSR count). The van der Waals surface area contributed by atoms with Crippen molar-refractivity contribution in [3.8, 4) is 0 Å². The number of aryl methyl sites for hydroxylation is 1. The number of alkyl carbamates (subject to hydrolysis) is 1. The lowest BCUT2D eigenvalue weighted by molar-refractivity contribution is -0.137. The quantitative estimate of drug-likeness (QED) is 0.768. The number of imidazole rings is 1. The zero-order valence-corrected chi connectivity index (χ0v) is 20.4. The summed E-state index contributed by atoms with van der Waals surface area (Å²) in [6, 6.07) is -0.592. The number of rotatable bonds is 3. The zero-order valence-electron chi connectivity index (χ0n) is 20.4. The highest BCUT2D eigenvalue weighted by Crippen LogP contribution is 2.26. The monoisotopic (exact) mass is 447 g/mol. The molecule has 1 aromatic heterocycles. The highest BCUT2D eigenvalue weighted by Gasteiger charge is 2.39. The SMILES string of the molecule is Cc1ncc2n1CCN(C1CCN(C(=O)[C@H](NC(=O)OC(C)(C)C)C(C)(C)C)CC1)C2=O. The van der Waals surface area contributed by atoms with Crippen LogP contribution in [0.2, 0.25) is 0 Å². The number of nitrogens with one attached hydrogen (secondary N) is 1. The van der Waals surface area contributed by atoms with Crippen LogP contribution in [0.4, 0.5) is 4.79 Å². The predicted molar refractivity (Wildman–Crippen MR) is 120 cm³/mol. The van der Waals surface area contributed by atoms with Crippen molar-refractivity contribution in [3.63, 3.8) is 0 Å². The van der Waals surface area contributed by atoms with E-state index in [1.165, 1.54) is 0 Å². The van der Waals surface area contributed by atoms with Gasteiger partial charge in [0.15, 0.2) is 0 Å². The molecule has 0 aromatic carbocycles. The van der Waals surface area contributed by atoms with Gasteiger partial charge in [0.2, 0.25) is 5.91 Å². The van der Waals surface area contributed by atoms with Gasteiger partial charge < -0.3 is 24.4 Å². The van der Waals surface area contributed by atoms with Gasteiger partial charge >= 0.3 is 6.09 Å². The molecule has 0 spiro atoms. The van der Waals surface area contributed by atoms with Crippen LogP contribution < -0.4 is 5.32 Å². The van der Waals surface area contributed by atoms with Crippen molar-refractivity contribution in [1.82, 2.24) is 24.7 Å². The Balaban J connectivity index is 1.62. The van der Waals surface area contributed by atoms with Crippen LogP contribution in [0.25, 0.3) is 0 Å². The number of nitrogens with zero attached hydrogens (tertiary/aromatic N) is 4. The summed E-state index contributed by atoms with van der Waals surface area (Å²) < 4.78 is 7.33. The molecule has 0 saturated carbocycles. The third-order valence-corrected chi connectivity index (χ3v) is 6.09. The van der Waals surface area contributed by atoms with E-state index in [2.05, 4.69) is 10.3 Å². The van der Waals surface area contributed by atoms with Crippen LogP contribution in [0.3, 0.4) is 0 Å². The minimum atomic E-state index is -0.692. The van der Waals surface area contributed by atoms with Gasteiger partial charge in [0.25, 0.3) is 5.91 Å². The van der Waals surface area contributed by atoms with Crippen LogP contribution in [0.15, 0.2) is 6.20 Å². The molecular weight excluding hydrogens is 410 g/mol. The Kier molecular flexibility index (Phi) is 6.58. The van der Waals surface area contributed by atoms with Crippen molar-refractivity contribution in [3.05, 3.63) is 17.7 Å². The number of hydrogen-bond donors (Lipinski definition) is 1. The molecular formula is C23H37N5O4. The molecule has 9 nitrogen and oxygen atoms in total. The summed E-state index contributed by atoms with van der Waals surface area (Å²) in [6.45, 7) is 15.6. The number of hydrogen-bond acceptors (Lipinski definition) is 5. The summed E-state index contributed by atoms with van der Waals surface area (Å²) in [5, 5.41) is 2.78. The average Bonchev–Trinajstić information content (AvgIpc) is 3.06. The van der Waals surface area contributed by atoms with Crippen molar-refractivity contribution in [1.29, 1.82) is 0 Å². The van der Waals surface area contributed by atoms with Gasteiger partial charge in [-0.25, -0.2) is 9.78 Å². The Morgan fingerprint density at radius 2 is 1.72 bits per heavy atom. The molecule has 0 unspecified atom stereocenters. The number of likely N-dealkylation sites (tertiary alicyclic amines) is 1. The van der Waals surface area contributed by atoms with Gasteiger partial charge in [0.05, 0.1) is 6.20 Å². The molecule has 3 heterocycles. The van der Waals surface area contributed by atoms with E-state index in [0.29, 0.717) is 38.2 Å². The zero-order chi connectivity index (χ0) is 23.8. The van der Waals surface area contributed by atoms with Crippen LogP contribution in [-0.2, 0) is 16.1 Å². The molecule has 9 heteroatoms. The van der Waals surface area contributed by atoms with Crippen molar-refractivity contribution in [2.75, 3.05) is 19.6 Å². The standard InChI is InChI=1S/C23H37N5O4/c1-15-24-14-17-19(29)28(13-12-27(15)17)16-8-10-26(11-9-16)20(30)18(22(2,3)4)25-21(31)32-23(5,6)7/h14,16,18H,8-13H2,1-7H3,(H,25,31)/t18-/m0/s1. The van der Waals surface area contributed by atoms with Crippen LogP contribution in [0.5, 0.6) is 0 Å². The maximum atomic E-state index is 13.3. The van der Waals surface area contributed by atoms with Crippen molar-refractivity contribution < 1.29 is 19.1 Å². The largest absolute Gasteiger partial charge is 0.444 e. The molecule has 0 bridgehead atoms. The number of ether oxygens (including phenoxy) is 1. The Morgan fingerprint density at radius 3 is 2.28 bits per heavy atom. The van der Waals surface area contributed by atoms with Crippen LogP contribution in [0.1, 0.15) is 70.7 Å². The van der Waals surface area contributed by atoms with Crippen LogP contribution in [-0.4, -0.2) is 74.6 Å². The highest BCUT2D eigenvalue weighted by molar-refractivity contribution is 5.93. The van der Waals surface area contributed by atoms with E-state index in [1.807, 2.05) is 37.2 Å². The summed E-state index contributed by atoms with van der Waals surface area (Å²) in [4.78, 5) is 46.6. The number of amides is 3. The van der Waals surface area contributed by atoms with E-state index in [0.717, 1.165) is 12.4 Å². The highest BCUT2D eigenvalue weighted by atomic mass is 16.6. The summed E-state index contributed by atoms with van der Waals surface area (Å²) in [5.41, 5.74) is -0.464. The second-order valence-electron chi connectivity index (χ2n) is 10.8. The first kappa shape index (κ1) is 24.1. The Morgan fingerprint density at radius 1 is 1.09 bits per heavy atom. The molecule has 1 aromatic rings. The van der Waals surface area contributed by atoms with Gasteiger partial charge in [-0.05, 0) is 46.0 Å². The van der Waals surface area contributed by atoms with Gasteiger partial charge in [-0.2, -0.15) is 0 Å². The molecule has 1 fully saturated rings. The van der Waals surface area contributed by atoms with Crippen molar-refractivity contribution in [2.24, 2.45) is 5.41 Å². The second-order valence-corrected chi connectivity index (χ2v) is 10.8. The van der Waals surface area contributed by atoms with Crippen molar-refractivity contribution >= 4 is 17.9 Å². The number of aromatic nitrogens is 2. The fourth-order valence-electron chi connectivity index (χ4n) is 4.38. The average molecular weight is 448 g/mol. The Bertz CT molecular complexity index is 872. The third-order valence-electron chi connectivity index (χ3n) is 6.09. The lowest BCUT2D eigenvalue weighted by atomic mass is 9.85. The van der Waals surface area contributed by atoms with Gasteiger partial charge in [-0.1, -0.05) is 20.8 Å². The molecule has 3 amide bonds. The van der Waals surface area contributed by atoms with Gasteiger partial charge in [0, 0.05) is 32.2 Å². The lowest BCUT2D eigenvalue weighted by Crippen LogP contribution is -2.58. The number of piperidine rings is 1. The molecule has 2 aliphatic rings. The molecule has 32 heavy (non-hydrogen) atoms. The minimum Gasteiger partial charge on any atom is -0.444 e. The molecule has 178 valence electrons. The number of fused-ring (bicyclic) bond motifs is 1. The van der Waals surface area contributed by atoms with Gasteiger partial charge in [-0.3, -0.25) is 9.59 Å². The first-order valence-electron chi connectivity index (χ1n) is 11.4. The topological polar surface area (TPSA) is 96.8 Å². The van der Waals surface area contributed by atoms with Gasteiger partial charge in [-0.15, -0.1) is 0 Å². The first-order chi connectivity index (χ1) is 14.8. The van der Waals surface area contributed by atoms with E-state index >= 15 is 0 Å². The fraction of sp³-hybridized carbons (Fsp3) is 0.739. The Labute approximate surface area is 190 Å².